The zero-order valence-corrected chi connectivity index (χ0v) is 13.9. The molecule has 2 aromatic rings. The molecule has 0 bridgehead atoms. The lowest BCUT2D eigenvalue weighted by atomic mass is 10.0. The summed E-state index contributed by atoms with van der Waals surface area (Å²) in [5, 5.41) is 2.71. The predicted octanol–water partition coefficient (Wildman–Crippen LogP) is 2.88. The van der Waals surface area contributed by atoms with Gasteiger partial charge in [-0.1, -0.05) is 12.1 Å². The highest BCUT2D eigenvalue weighted by Gasteiger charge is 2.15. The van der Waals surface area contributed by atoms with E-state index in [2.05, 4.69) is 5.32 Å². The summed E-state index contributed by atoms with van der Waals surface area (Å²) < 4.78 is 0. The zero-order chi connectivity index (χ0) is 17.8. The van der Waals surface area contributed by atoms with Crippen LogP contribution in [0.25, 0.3) is 0 Å². The van der Waals surface area contributed by atoms with Crippen LogP contribution < -0.4 is 11.1 Å². The molecule has 128 valence electrons. The maximum Gasteiger partial charge on any atom is 0.248 e. The minimum absolute atomic E-state index is 0.0195. The van der Waals surface area contributed by atoms with Crippen molar-refractivity contribution < 1.29 is 14.4 Å². The number of primary amides is 1. The molecule has 2 amide bonds. The Labute approximate surface area is 146 Å². The monoisotopic (exact) mass is 336 g/mol. The van der Waals surface area contributed by atoms with Crippen molar-refractivity contribution in [1.29, 1.82) is 0 Å². The van der Waals surface area contributed by atoms with Gasteiger partial charge in [0, 0.05) is 29.7 Å². The van der Waals surface area contributed by atoms with Crippen LogP contribution in [0.15, 0.2) is 42.5 Å². The van der Waals surface area contributed by atoms with Crippen LogP contribution in [0.1, 0.15) is 51.1 Å². The van der Waals surface area contributed by atoms with Gasteiger partial charge in [0.25, 0.3) is 0 Å². The molecule has 2 aromatic carbocycles. The molecule has 25 heavy (non-hydrogen) atoms. The third-order valence-electron chi connectivity index (χ3n) is 4.45. The van der Waals surface area contributed by atoms with Crippen molar-refractivity contribution in [2.24, 2.45) is 5.73 Å². The smallest absolute Gasteiger partial charge is 0.248 e. The van der Waals surface area contributed by atoms with Gasteiger partial charge in [0.2, 0.25) is 11.8 Å². The fourth-order valence-corrected chi connectivity index (χ4v) is 3.06. The Hall–Kier alpha value is -2.95. The van der Waals surface area contributed by atoms with Crippen molar-refractivity contribution in [3.05, 3.63) is 64.7 Å². The number of anilines is 1. The minimum atomic E-state index is -0.516. The number of Topliss-reactive ketones (excluding diaryl/α,β-unsaturated/α-hetero) is 1. The van der Waals surface area contributed by atoms with E-state index in [1.54, 1.807) is 24.3 Å². The number of hydrogen-bond acceptors (Lipinski definition) is 3. The quantitative estimate of drug-likeness (QED) is 0.795. The van der Waals surface area contributed by atoms with Gasteiger partial charge in [-0.2, -0.15) is 0 Å². The molecule has 0 heterocycles. The van der Waals surface area contributed by atoms with Crippen molar-refractivity contribution in [2.45, 2.75) is 32.1 Å². The second-order valence-corrected chi connectivity index (χ2v) is 6.25. The number of carbonyl (C=O) groups is 3. The van der Waals surface area contributed by atoms with Gasteiger partial charge in [0.05, 0.1) is 0 Å². The molecule has 5 heteroatoms. The molecule has 0 spiro atoms. The summed E-state index contributed by atoms with van der Waals surface area (Å²) in [6, 6.07) is 12.2. The predicted molar refractivity (Wildman–Crippen MR) is 95.6 cm³/mol. The van der Waals surface area contributed by atoms with Gasteiger partial charge in [-0.25, -0.2) is 0 Å². The van der Waals surface area contributed by atoms with E-state index in [9.17, 15) is 14.4 Å². The first kappa shape index (κ1) is 16.9. The fraction of sp³-hybridized carbons (Fsp3) is 0.250. The summed E-state index contributed by atoms with van der Waals surface area (Å²) >= 11 is 0. The Kier molecular flexibility index (Phi) is 4.93. The Morgan fingerprint density at radius 2 is 1.56 bits per heavy atom. The molecule has 0 radical (unpaired) electrons. The van der Waals surface area contributed by atoms with Crippen LogP contribution in [0.3, 0.4) is 0 Å². The van der Waals surface area contributed by atoms with Crippen LogP contribution in [0.4, 0.5) is 5.69 Å². The molecule has 0 saturated carbocycles. The van der Waals surface area contributed by atoms with Gasteiger partial charge in [-0.05, 0) is 60.7 Å². The molecule has 0 aliphatic heterocycles. The lowest BCUT2D eigenvalue weighted by molar-refractivity contribution is -0.116. The van der Waals surface area contributed by atoms with E-state index in [0.717, 1.165) is 19.3 Å². The number of rotatable bonds is 6. The van der Waals surface area contributed by atoms with Crippen LogP contribution >= 0.6 is 0 Å². The summed E-state index contributed by atoms with van der Waals surface area (Å²) in [6.07, 6.45) is 3.54. The molecule has 1 aliphatic carbocycles. The first-order valence-corrected chi connectivity index (χ1v) is 8.37. The first-order chi connectivity index (χ1) is 12.0. The summed E-state index contributed by atoms with van der Waals surface area (Å²) in [6.45, 7) is 0. The van der Waals surface area contributed by atoms with Crippen molar-refractivity contribution >= 4 is 23.3 Å². The fourth-order valence-electron chi connectivity index (χ4n) is 3.06. The normalized spacial score (nSPS) is 12.5. The van der Waals surface area contributed by atoms with Crippen LogP contribution in [-0.4, -0.2) is 17.6 Å². The molecular formula is C20H20N2O3. The van der Waals surface area contributed by atoms with E-state index in [4.69, 9.17) is 5.73 Å². The Bertz CT molecular complexity index is 825. The first-order valence-electron chi connectivity index (χ1n) is 8.37. The van der Waals surface area contributed by atoms with Gasteiger partial charge in [0.1, 0.15) is 0 Å². The SMILES string of the molecule is NC(=O)c1ccc(NC(=O)CCC(=O)c2ccc3c(c2)CCC3)cc1. The third kappa shape index (κ3) is 4.12. The second-order valence-electron chi connectivity index (χ2n) is 6.25. The molecule has 3 N–H and O–H groups in total. The Balaban J connectivity index is 1.53. The topological polar surface area (TPSA) is 89.3 Å². The molecule has 0 saturated heterocycles. The van der Waals surface area contributed by atoms with E-state index in [0.29, 0.717) is 16.8 Å². The van der Waals surface area contributed by atoms with Gasteiger partial charge in [-0.3, -0.25) is 14.4 Å². The number of nitrogens with two attached hydrogens (primary N) is 1. The number of amides is 2. The second kappa shape index (κ2) is 7.30. The lowest BCUT2D eigenvalue weighted by Crippen LogP contribution is -2.14. The van der Waals surface area contributed by atoms with Crippen molar-refractivity contribution in [2.75, 3.05) is 5.32 Å². The maximum atomic E-state index is 12.3. The van der Waals surface area contributed by atoms with E-state index in [-0.39, 0.29) is 24.5 Å². The molecule has 1 aliphatic rings. The van der Waals surface area contributed by atoms with E-state index < -0.39 is 5.91 Å². The van der Waals surface area contributed by atoms with Crippen LogP contribution in [0.2, 0.25) is 0 Å². The zero-order valence-electron chi connectivity index (χ0n) is 13.9. The van der Waals surface area contributed by atoms with Crippen LogP contribution in [0.5, 0.6) is 0 Å². The highest BCUT2D eigenvalue weighted by molar-refractivity contribution is 6.00. The molecule has 0 unspecified atom stereocenters. The number of aryl methyl sites for hydroxylation is 2. The number of carbonyl (C=O) groups excluding carboxylic acids is 3. The Morgan fingerprint density at radius 3 is 2.28 bits per heavy atom. The molecule has 5 nitrogen and oxygen atoms in total. The highest BCUT2D eigenvalue weighted by Crippen LogP contribution is 2.23. The van der Waals surface area contributed by atoms with Crippen molar-refractivity contribution in [3.8, 4) is 0 Å². The summed E-state index contributed by atoms with van der Waals surface area (Å²) in [7, 11) is 0. The van der Waals surface area contributed by atoms with E-state index >= 15 is 0 Å². The average molecular weight is 336 g/mol. The number of nitrogens with one attached hydrogen (secondary N) is 1. The molecule has 3 rings (SSSR count). The van der Waals surface area contributed by atoms with Gasteiger partial charge < -0.3 is 11.1 Å². The van der Waals surface area contributed by atoms with Gasteiger partial charge in [0.15, 0.2) is 5.78 Å². The number of fused-ring (bicyclic) bond motifs is 1. The maximum absolute atomic E-state index is 12.3. The molecule has 0 fully saturated rings. The molecule has 0 atom stereocenters. The largest absolute Gasteiger partial charge is 0.366 e. The Morgan fingerprint density at radius 1 is 0.880 bits per heavy atom. The summed E-state index contributed by atoms with van der Waals surface area (Å²) in [5.41, 5.74) is 9.38. The summed E-state index contributed by atoms with van der Waals surface area (Å²) in [5.74, 6) is -0.770. The van der Waals surface area contributed by atoms with Crippen LogP contribution in [0, 0.1) is 0 Å². The van der Waals surface area contributed by atoms with Gasteiger partial charge >= 0.3 is 0 Å². The van der Waals surface area contributed by atoms with E-state index in [1.165, 1.54) is 11.1 Å². The van der Waals surface area contributed by atoms with Crippen molar-refractivity contribution in [3.63, 3.8) is 0 Å². The number of hydrogen-bond donors (Lipinski definition) is 2. The lowest BCUT2D eigenvalue weighted by Gasteiger charge is -2.07. The molecule has 0 aromatic heterocycles. The molecular weight excluding hydrogens is 316 g/mol. The van der Waals surface area contributed by atoms with Crippen molar-refractivity contribution in [1.82, 2.24) is 0 Å². The minimum Gasteiger partial charge on any atom is -0.366 e. The van der Waals surface area contributed by atoms with E-state index in [1.807, 2.05) is 18.2 Å². The highest BCUT2D eigenvalue weighted by atomic mass is 16.2. The summed E-state index contributed by atoms with van der Waals surface area (Å²) in [4.78, 5) is 35.3. The van der Waals surface area contributed by atoms with Crippen LogP contribution in [-0.2, 0) is 17.6 Å². The average Bonchev–Trinajstić information content (AvgIpc) is 3.07. The van der Waals surface area contributed by atoms with Gasteiger partial charge in [-0.15, -0.1) is 0 Å². The third-order valence-corrected chi connectivity index (χ3v) is 4.45. The standard InChI is InChI=1S/C20H20N2O3/c21-20(25)14-6-8-17(9-7-14)22-19(24)11-10-18(23)16-5-4-13-2-1-3-15(13)12-16/h4-9,12H,1-3,10-11H2,(H2,21,25)(H,22,24). The number of benzene rings is 2. The number of ketones is 1.